The molecule has 1 N–H and O–H groups in total. The number of nitrogens with zero attached hydrogens (tertiary/aromatic N) is 4. The molecule has 0 unspecified atom stereocenters. The summed E-state index contributed by atoms with van der Waals surface area (Å²) in [5.41, 5.74) is 7.62. The number of aromatic nitrogens is 4. The first kappa shape index (κ1) is 17.2. The first-order valence-electron chi connectivity index (χ1n) is 10.1. The topological polar surface area (TPSA) is 66.8 Å². The van der Waals surface area contributed by atoms with Crippen LogP contribution in [0, 0.1) is 13.8 Å². The second kappa shape index (κ2) is 6.62. The highest BCUT2D eigenvalue weighted by Gasteiger charge is 2.31. The molecule has 2 aliphatic rings. The molecule has 28 heavy (non-hydrogen) atoms. The Morgan fingerprint density at radius 1 is 1.11 bits per heavy atom. The molecule has 1 fully saturated rings. The average Bonchev–Trinajstić information content (AvgIpc) is 3.43. The Bertz CT molecular complexity index is 1030. The summed E-state index contributed by atoms with van der Waals surface area (Å²) >= 11 is 0. The lowest BCUT2D eigenvalue weighted by Gasteiger charge is -2.20. The van der Waals surface area contributed by atoms with Gasteiger partial charge in [0, 0.05) is 42.4 Å². The van der Waals surface area contributed by atoms with Crippen LogP contribution in [0.1, 0.15) is 57.5 Å². The van der Waals surface area contributed by atoms with E-state index in [9.17, 15) is 4.79 Å². The molecule has 0 radical (unpaired) electrons. The molecule has 1 amide bonds. The van der Waals surface area contributed by atoms with Gasteiger partial charge in [-0.05, 0) is 69.0 Å². The summed E-state index contributed by atoms with van der Waals surface area (Å²) in [7, 11) is 0. The standard InChI is InChI=1S/C22H25N5O/c1-14-13-15(2)27(25-14)18-7-5-17(6-8-18)22(28)26-11-9-19-20(10-12-26)23-24-21(19)16-3-4-16/h5-8,13,16H,3-4,9-12H2,1-2H3,(H,23,24). The van der Waals surface area contributed by atoms with Crippen LogP contribution < -0.4 is 0 Å². The molecule has 0 saturated heterocycles. The van der Waals surface area contributed by atoms with E-state index in [1.54, 1.807) is 0 Å². The van der Waals surface area contributed by atoms with Crippen LogP contribution in [0.3, 0.4) is 0 Å². The predicted molar refractivity (Wildman–Crippen MR) is 107 cm³/mol. The van der Waals surface area contributed by atoms with Crippen LogP contribution in [-0.4, -0.2) is 43.9 Å². The summed E-state index contributed by atoms with van der Waals surface area (Å²) in [6, 6.07) is 9.82. The van der Waals surface area contributed by atoms with E-state index >= 15 is 0 Å². The maximum absolute atomic E-state index is 13.1. The fraction of sp³-hybridized carbons (Fsp3) is 0.409. The fourth-order valence-electron chi connectivity index (χ4n) is 4.22. The van der Waals surface area contributed by atoms with Gasteiger partial charge in [-0.15, -0.1) is 0 Å². The van der Waals surface area contributed by atoms with Crippen LogP contribution in [-0.2, 0) is 12.8 Å². The number of nitrogens with one attached hydrogen (secondary N) is 1. The van der Waals surface area contributed by atoms with Gasteiger partial charge in [0.2, 0.25) is 0 Å². The van der Waals surface area contributed by atoms with Gasteiger partial charge < -0.3 is 4.90 Å². The summed E-state index contributed by atoms with van der Waals surface area (Å²) < 4.78 is 1.91. The van der Waals surface area contributed by atoms with Crippen LogP contribution in [0.15, 0.2) is 30.3 Å². The van der Waals surface area contributed by atoms with Gasteiger partial charge in [0.15, 0.2) is 0 Å². The molecule has 0 bridgehead atoms. The zero-order chi connectivity index (χ0) is 19.3. The lowest BCUT2D eigenvalue weighted by Crippen LogP contribution is -2.33. The number of carbonyl (C=O) groups excluding carboxylic acids is 1. The van der Waals surface area contributed by atoms with Gasteiger partial charge in [0.05, 0.1) is 17.1 Å². The zero-order valence-electron chi connectivity index (χ0n) is 16.4. The number of amides is 1. The molecular formula is C22H25N5O. The Hall–Kier alpha value is -2.89. The van der Waals surface area contributed by atoms with E-state index in [-0.39, 0.29) is 5.91 Å². The molecule has 144 valence electrons. The van der Waals surface area contributed by atoms with Crippen LogP contribution in [0.2, 0.25) is 0 Å². The summed E-state index contributed by atoms with van der Waals surface area (Å²) in [6.45, 7) is 5.51. The number of hydrogen-bond acceptors (Lipinski definition) is 3. The van der Waals surface area contributed by atoms with Crippen molar-refractivity contribution in [2.75, 3.05) is 13.1 Å². The van der Waals surface area contributed by atoms with Crippen LogP contribution in [0.25, 0.3) is 5.69 Å². The zero-order valence-corrected chi connectivity index (χ0v) is 16.4. The Labute approximate surface area is 164 Å². The van der Waals surface area contributed by atoms with Crippen molar-refractivity contribution in [3.8, 4) is 5.69 Å². The first-order chi connectivity index (χ1) is 13.6. The average molecular weight is 375 g/mol. The van der Waals surface area contributed by atoms with E-state index in [2.05, 4.69) is 21.4 Å². The lowest BCUT2D eigenvalue weighted by atomic mass is 10.1. The molecule has 0 atom stereocenters. The highest BCUT2D eigenvalue weighted by Crippen LogP contribution is 2.41. The van der Waals surface area contributed by atoms with Crippen LogP contribution >= 0.6 is 0 Å². The van der Waals surface area contributed by atoms with Crippen molar-refractivity contribution in [3.05, 3.63) is 64.2 Å². The van der Waals surface area contributed by atoms with Gasteiger partial charge in [-0.25, -0.2) is 4.68 Å². The van der Waals surface area contributed by atoms with Crippen molar-refractivity contribution in [1.29, 1.82) is 0 Å². The smallest absolute Gasteiger partial charge is 0.253 e. The maximum atomic E-state index is 13.1. The van der Waals surface area contributed by atoms with Crippen molar-refractivity contribution in [3.63, 3.8) is 0 Å². The van der Waals surface area contributed by atoms with Crippen molar-refractivity contribution in [2.24, 2.45) is 0 Å². The van der Waals surface area contributed by atoms with Crippen molar-refractivity contribution in [1.82, 2.24) is 24.9 Å². The summed E-state index contributed by atoms with van der Waals surface area (Å²) in [5.74, 6) is 0.746. The number of rotatable bonds is 3. The quantitative estimate of drug-likeness (QED) is 0.764. The molecule has 1 saturated carbocycles. The van der Waals surface area contributed by atoms with E-state index in [4.69, 9.17) is 0 Å². The number of hydrogen-bond donors (Lipinski definition) is 1. The number of fused-ring (bicyclic) bond motifs is 1. The largest absolute Gasteiger partial charge is 0.338 e. The molecular weight excluding hydrogens is 350 g/mol. The van der Waals surface area contributed by atoms with Crippen molar-refractivity contribution < 1.29 is 4.79 Å². The third kappa shape index (κ3) is 3.03. The van der Waals surface area contributed by atoms with Gasteiger partial charge in [0.25, 0.3) is 5.91 Å². The summed E-state index contributed by atoms with van der Waals surface area (Å²) in [6.07, 6.45) is 4.25. The molecule has 1 aliphatic carbocycles. The number of aryl methyl sites for hydroxylation is 2. The second-order valence-corrected chi connectivity index (χ2v) is 8.02. The van der Waals surface area contributed by atoms with Crippen LogP contribution in [0.4, 0.5) is 0 Å². The fourth-order valence-corrected chi connectivity index (χ4v) is 4.22. The highest BCUT2D eigenvalue weighted by molar-refractivity contribution is 5.94. The normalized spacial score (nSPS) is 16.7. The number of aromatic amines is 1. The summed E-state index contributed by atoms with van der Waals surface area (Å²) in [4.78, 5) is 15.0. The number of benzene rings is 1. The molecule has 6 heteroatoms. The van der Waals surface area contributed by atoms with Gasteiger partial charge >= 0.3 is 0 Å². The van der Waals surface area contributed by atoms with E-state index in [1.807, 2.05) is 47.7 Å². The minimum absolute atomic E-state index is 0.103. The Morgan fingerprint density at radius 2 is 1.86 bits per heavy atom. The Balaban J connectivity index is 1.32. The highest BCUT2D eigenvalue weighted by atomic mass is 16.2. The Morgan fingerprint density at radius 3 is 2.54 bits per heavy atom. The molecule has 6 nitrogen and oxygen atoms in total. The van der Waals surface area contributed by atoms with E-state index in [0.717, 1.165) is 48.6 Å². The van der Waals surface area contributed by atoms with E-state index in [0.29, 0.717) is 5.92 Å². The van der Waals surface area contributed by atoms with Gasteiger partial charge in [-0.3, -0.25) is 9.89 Å². The molecule has 1 aliphatic heterocycles. The molecule has 1 aromatic carbocycles. The van der Waals surface area contributed by atoms with Crippen molar-refractivity contribution in [2.45, 2.75) is 45.4 Å². The molecule has 3 heterocycles. The predicted octanol–water partition coefficient (Wildman–Crippen LogP) is 3.33. The van der Waals surface area contributed by atoms with Crippen LogP contribution in [0.5, 0.6) is 0 Å². The van der Waals surface area contributed by atoms with Crippen molar-refractivity contribution >= 4 is 5.91 Å². The number of carbonyl (C=O) groups is 1. The second-order valence-electron chi connectivity index (χ2n) is 8.02. The molecule has 5 rings (SSSR count). The lowest BCUT2D eigenvalue weighted by molar-refractivity contribution is 0.0762. The van der Waals surface area contributed by atoms with Gasteiger partial charge in [-0.2, -0.15) is 10.2 Å². The molecule has 0 spiro atoms. The van der Waals surface area contributed by atoms with E-state index < -0.39 is 0 Å². The Kier molecular flexibility index (Phi) is 4.07. The maximum Gasteiger partial charge on any atom is 0.253 e. The third-order valence-electron chi connectivity index (χ3n) is 5.87. The van der Waals surface area contributed by atoms with Gasteiger partial charge in [-0.1, -0.05) is 0 Å². The monoisotopic (exact) mass is 375 g/mol. The number of H-pyrrole nitrogens is 1. The SMILES string of the molecule is Cc1cc(C)n(-c2ccc(C(=O)N3CCc4[nH]nc(C5CC5)c4CC3)cc2)n1. The first-order valence-corrected chi connectivity index (χ1v) is 10.1. The molecule has 2 aromatic heterocycles. The third-order valence-corrected chi connectivity index (χ3v) is 5.87. The molecule has 3 aromatic rings. The minimum atomic E-state index is 0.103. The summed E-state index contributed by atoms with van der Waals surface area (Å²) in [5, 5.41) is 12.3. The minimum Gasteiger partial charge on any atom is -0.338 e. The van der Waals surface area contributed by atoms with E-state index in [1.165, 1.54) is 29.8 Å². The van der Waals surface area contributed by atoms with Gasteiger partial charge in [0.1, 0.15) is 0 Å².